The first-order chi connectivity index (χ1) is 8.31. The van der Waals surface area contributed by atoms with Crippen molar-refractivity contribution in [2.75, 3.05) is 39.3 Å². The van der Waals surface area contributed by atoms with Gasteiger partial charge in [0.25, 0.3) is 0 Å². The molecule has 96 valence electrons. The number of nitrogens with zero attached hydrogens (tertiary/aromatic N) is 2. The number of fused-ring (bicyclic) bond motifs is 1. The molecule has 4 nitrogen and oxygen atoms in total. The summed E-state index contributed by atoms with van der Waals surface area (Å²) in [6.45, 7) is 8.87. The van der Waals surface area contributed by atoms with Crippen LogP contribution in [0.4, 0.5) is 0 Å². The average molecular weight is 237 g/mol. The molecule has 0 aromatic rings. The zero-order chi connectivity index (χ0) is 12.1. The van der Waals surface area contributed by atoms with Crippen LogP contribution in [0.2, 0.25) is 0 Å². The predicted molar refractivity (Wildman–Crippen MR) is 68.9 cm³/mol. The molecule has 0 aromatic heterocycles. The first-order valence-electron chi connectivity index (χ1n) is 6.64. The minimum atomic E-state index is 0.233. The standard InChI is InChI=1S/C13H23N3O/c1-2-6-14-10-13(17)16-9-8-15-7-4-3-5-12(15)11-16/h2,12,14H,1,3-11H2. The number of nitrogens with one attached hydrogen (secondary N) is 1. The van der Waals surface area contributed by atoms with Gasteiger partial charge in [-0.1, -0.05) is 12.5 Å². The van der Waals surface area contributed by atoms with E-state index in [9.17, 15) is 4.79 Å². The van der Waals surface area contributed by atoms with E-state index in [1.165, 1.54) is 25.8 Å². The van der Waals surface area contributed by atoms with Gasteiger partial charge in [0.15, 0.2) is 0 Å². The van der Waals surface area contributed by atoms with Crippen molar-refractivity contribution in [1.82, 2.24) is 15.1 Å². The molecule has 0 spiro atoms. The van der Waals surface area contributed by atoms with Gasteiger partial charge < -0.3 is 10.2 Å². The number of hydrogen-bond donors (Lipinski definition) is 1. The van der Waals surface area contributed by atoms with Crippen LogP contribution in [0, 0.1) is 0 Å². The summed E-state index contributed by atoms with van der Waals surface area (Å²) in [5.41, 5.74) is 0. The maximum absolute atomic E-state index is 12.0. The minimum absolute atomic E-state index is 0.233. The molecule has 0 radical (unpaired) electrons. The van der Waals surface area contributed by atoms with Gasteiger partial charge in [-0.15, -0.1) is 6.58 Å². The van der Waals surface area contributed by atoms with Crippen molar-refractivity contribution < 1.29 is 4.79 Å². The number of amides is 1. The van der Waals surface area contributed by atoms with Crippen LogP contribution >= 0.6 is 0 Å². The second-order valence-electron chi connectivity index (χ2n) is 4.94. The molecular weight excluding hydrogens is 214 g/mol. The van der Waals surface area contributed by atoms with E-state index in [0.29, 0.717) is 19.1 Å². The van der Waals surface area contributed by atoms with E-state index in [2.05, 4.69) is 16.8 Å². The third kappa shape index (κ3) is 3.30. The molecule has 1 N–H and O–H groups in total. The Morgan fingerprint density at radius 3 is 3.06 bits per heavy atom. The molecule has 1 atom stereocenters. The molecule has 2 aliphatic rings. The number of carbonyl (C=O) groups is 1. The number of rotatable bonds is 4. The Morgan fingerprint density at radius 1 is 1.35 bits per heavy atom. The molecule has 2 fully saturated rings. The van der Waals surface area contributed by atoms with Gasteiger partial charge in [-0.2, -0.15) is 0 Å². The Balaban J connectivity index is 1.78. The summed E-state index contributed by atoms with van der Waals surface area (Å²) >= 11 is 0. The molecule has 17 heavy (non-hydrogen) atoms. The summed E-state index contributed by atoms with van der Waals surface area (Å²) in [5, 5.41) is 3.08. The largest absolute Gasteiger partial charge is 0.339 e. The van der Waals surface area contributed by atoms with Crippen LogP contribution in [0.5, 0.6) is 0 Å². The number of carbonyl (C=O) groups excluding carboxylic acids is 1. The van der Waals surface area contributed by atoms with Crippen molar-refractivity contribution in [2.45, 2.75) is 25.3 Å². The van der Waals surface area contributed by atoms with Crippen molar-refractivity contribution in [2.24, 2.45) is 0 Å². The van der Waals surface area contributed by atoms with Crippen LogP contribution in [0.1, 0.15) is 19.3 Å². The lowest BCUT2D eigenvalue weighted by Gasteiger charge is -2.44. The molecule has 0 saturated carbocycles. The Hall–Kier alpha value is -0.870. The summed E-state index contributed by atoms with van der Waals surface area (Å²) < 4.78 is 0. The Morgan fingerprint density at radius 2 is 2.24 bits per heavy atom. The zero-order valence-electron chi connectivity index (χ0n) is 10.5. The van der Waals surface area contributed by atoms with Gasteiger partial charge in [0, 0.05) is 32.2 Å². The molecule has 1 unspecified atom stereocenters. The lowest BCUT2D eigenvalue weighted by atomic mass is 9.99. The van der Waals surface area contributed by atoms with E-state index < -0.39 is 0 Å². The molecule has 2 saturated heterocycles. The predicted octanol–water partition coefficient (Wildman–Crippen LogP) is 0.459. The normalized spacial score (nSPS) is 25.4. The molecule has 2 rings (SSSR count). The summed E-state index contributed by atoms with van der Waals surface area (Å²) in [4.78, 5) is 16.5. The minimum Gasteiger partial charge on any atom is -0.339 e. The SMILES string of the molecule is C=CCNCC(=O)N1CCN2CCCCC2C1. The molecule has 0 aromatic carbocycles. The van der Waals surface area contributed by atoms with E-state index in [1.54, 1.807) is 6.08 Å². The molecular formula is C13H23N3O. The van der Waals surface area contributed by atoms with E-state index in [-0.39, 0.29) is 5.91 Å². The third-order valence-electron chi connectivity index (χ3n) is 3.75. The highest BCUT2D eigenvalue weighted by molar-refractivity contribution is 5.78. The van der Waals surface area contributed by atoms with Gasteiger partial charge in [-0.3, -0.25) is 9.69 Å². The fraction of sp³-hybridized carbons (Fsp3) is 0.769. The van der Waals surface area contributed by atoms with Crippen molar-refractivity contribution in [3.63, 3.8) is 0 Å². The van der Waals surface area contributed by atoms with Gasteiger partial charge in [-0.25, -0.2) is 0 Å². The molecule has 2 aliphatic heterocycles. The zero-order valence-corrected chi connectivity index (χ0v) is 10.5. The second kappa shape index (κ2) is 6.17. The molecule has 2 heterocycles. The molecule has 0 aliphatic carbocycles. The highest BCUT2D eigenvalue weighted by atomic mass is 16.2. The second-order valence-corrected chi connectivity index (χ2v) is 4.94. The summed E-state index contributed by atoms with van der Waals surface area (Å²) in [6, 6.07) is 0.612. The average Bonchev–Trinajstić information content (AvgIpc) is 2.38. The molecule has 1 amide bonds. The lowest BCUT2D eigenvalue weighted by Crippen LogP contribution is -2.57. The fourth-order valence-electron chi connectivity index (χ4n) is 2.78. The maximum Gasteiger partial charge on any atom is 0.236 e. The van der Waals surface area contributed by atoms with E-state index in [1.807, 2.05) is 4.90 Å². The smallest absolute Gasteiger partial charge is 0.236 e. The van der Waals surface area contributed by atoms with Gasteiger partial charge in [-0.05, 0) is 19.4 Å². The first kappa shape index (κ1) is 12.6. The third-order valence-corrected chi connectivity index (χ3v) is 3.75. The summed E-state index contributed by atoms with van der Waals surface area (Å²) in [5.74, 6) is 0.233. The Labute approximate surface area is 104 Å². The summed E-state index contributed by atoms with van der Waals surface area (Å²) in [7, 11) is 0. The Kier molecular flexibility index (Phi) is 4.57. The number of piperidine rings is 1. The van der Waals surface area contributed by atoms with Crippen molar-refractivity contribution >= 4 is 5.91 Å². The van der Waals surface area contributed by atoms with Gasteiger partial charge in [0.1, 0.15) is 0 Å². The van der Waals surface area contributed by atoms with Gasteiger partial charge >= 0.3 is 0 Å². The highest BCUT2D eigenvalue weighted by Gasteiger charge is 2.30. The lowest BCUT2D eigenvalue weighted by molar-refractivity contribution is -0.133. The fourth-order valence-corrected chi connectivity index (χ4v) is 2.78. The van der Waals surface area contributed by atoms with E-state index in [4.69, 9.17) is 0 Å². The summed E-state index contributed by atoms with van der Waals surface area (Å²) in [6.07, 6.45) is 5.68. The van der Waals surface area contributed by atoms with Gasteiger partial charge in [0.05, 0.1) is 6.54 Å². The molecule has 0 bridgehead atoms. The van der Waals surface area contributed by atoms with Crippen LogP contribution in [0.3, 0.4) is 0 Å². The van der Waals surface area contributed by atoms with Crippen molar-refractivity contribution in [3.05, 3.63) is 12.7 Å². The monoisotopic (exact) mass is 237 g/mol. The van der Waals surface area contributed by atoms with Crippen LogP contribution < -0.4 is 5.32 Å². The highest BCUT2D eigenvalue weighted by Crippen LogP contribution is 2.20. The van der Waals surface area contributed by atoms with E-state index >= 15 is 0 Å². The van der Waals surface area contributed by atoms with E-state index in [0.717, 1.165) is 19.6 Å². The quantitative estimate of drug-likeness (QED) is 0.570. The van der Waals surface area contributed by atoms with Crippen LogP contribution in [-0.2, 0) is 4.79 Å². The van der Waals surface area contributed by atoms with Crippen LogP contribution in [0.25, 0.3) is 0 Å². The maximum atomic E-state index is 12.0. The number of hydrogen-bond acceptors (Lipinski definition) is 3. The van der Waals surface area contributed by atoms with Crippen LogP contribution in [0.15, 0.2) is 12.7 Å². The van der Waals surface area contributed by atoms with Crippen molar-refractivity contribution in [3.8, 4) is 0 Å². The first-order valence-corrected chi connectivity index (χ1v) is 6.64. The topological polar surface area (TPSA) is 35.6 Å². The van der Waals surface area contributed by atoms with Crippen LogP contribution in [-0.4, -0.2) is 61.0 Å². The van der Waals surface area contributed by atoms with Crippen molar-refractivity contribution in [1.29, 1.82) is 0 Å². The number of piperazine rings is 1. The molecule has 4 heteroatoms. The Bertz CT molecular complexity index is 280. The van der Waals surface area contributed by atoms with Gasteiger partial charge in [0.2, 0.25) is 5.91 Å².